The van der Waals surface area contributed by atoms with E-state index in [1.54, 1.807) is 0 Å². The van der Waals surface area contributed by atoms with Crippen LogP contribution in [0.2, 0.25) is 0 Å². The lowest BCUT2D eigenvalue weighted by Gasteiger charge is -2.45. The van der Waals surface area contributed by atoms with Crippen molar-refractivity contribution in [3.63, 3.8) is 0 Å². The highest BCUT2D eigenvalue weighted by Crippen LogP contribution is 2.58. The molecule has 0 aromatic heterocycles. The Morgan fingerprint density at radius 3 is 2.86 bits per heavy atom. The number of aliphatic hydroxyl groups excluding tert-OH is 1. The number of ether oxygens (including phenoxy) is 1. The van der Waals surface area contributed by atoms with Crippen molar-refractivity contribution in [3.05, 3.63) is 0 Å². The number of rotatable bonds is 6. The zero-order chi connectivity index (χ0) is 15.5. The van der Waals surface area contributed by atoms with Crippen LogP contribution in [0.15, 0.2) is 0 Å². The van der Waals surface area contributed by atoms with Crippen molar-refractivity contribution in [1.29, 1.82) is 0 Å². The molecule has 0 spiro atoms. The van der Waals surface area contributed by atoms with Crippen molar-refractivity contribution in [2.75, 3.05) is 6.61 Å². The Bertz CT molecular complexity index is 354. The van der Waals surface area contributed by atoms with Crippen LogP contribution in [0.5, 0.6) is 0 Å². The topological polar surface area (TPSA) is 46.5 Å². The first-order valence-electron chi connectivity index (χ1n) is 8.82. The van der Waals surface area contributed by atoms with E-state index in [0.717, 1.165) is 19.3 Å². The van der Waals surface area contributed by atoms with Gasteiger partial charge < -0.3 is 9.84 Å². The Morgan fingerprint density at radius 2 is 2.14 bits per heavy atom. The first-order chi connectivity index (χ1) is 9.99. The molecule has 0 heterocycles. The van der Waals surface area contributed by atoms with Crippen LogP contribution in [0.25, 0.3) is 0 Å². The molecule has 2 fully saturated rings. The maximum Gasteiger partial charge on any atom is 0.305 e. The summed E-state index contributed by atoms with van der Waals surface area (Å²) in [6.45, 7) is 7.08. The van der Waals surface area contributed by atoms with Crippen molar-refractivity contribution in [1.82, 2.24) is 0 Å². The van der Waals surface area contributed by atoms with Gasteiger partial charge in [0.15, 0.2) is 0 Å². The summed E-state index contributed by atoms with van der Waals surface area (Å²) in [5.41, 5.74) is 0.320. The molecular weight excluding hydrogens is 264 g/mol. The summed E-state index contributed by atoms with van der Waals surface area (Å²) in [6.07, 6.45) is 8.35. The molecule has 0 bridgehead atoms. The van der Waals surface area contributed by atoms with Gasteiger partial charge in [-0.2, -0.15) is 0 Å². The predicted molar refractivity (Wildman–Crippen MR) is 83.8 cm³/mol. The number of hydrogen-bond donors (Lipinski definition) is 1. The lowest BCUT2D eigenvalue weighted by atomic mass is 9.61. The Kier molecular flexibility index (Phi) is 5.70. The molecule has 2 aliphatic rings. The standard InChI is InChI=1S/C18H32O3/c1-4-21-17(20)9-5-7-13(2)14-10-11-15-16(19)8-6-12-18(14,15)3/h13-16,19H,4-12H2,1-3H3/t13-,14?,15?,16?,18-/m1/s1. The van der Waals surface area contributed by atoms with Gasteiger partial charge in [-0.3, -0.25) is 4.79 Å². The number of fused-ring (bicyclic) bond motifs is 1. The van der Waals surface area contributed by atoms with E-state index >= 15 is 0 Å². The second-order valence-electron chi connectivity index (χ2n) is 7.43. The predicted octanol–water partition coefficient (Wildman–Crippen LogP) is 3.93. The Labute approximate surface area is 129 Å². The van der Waals surface area contributed by atoms with Crippen LogP contribution < -0.4 is 0 Å². The summed E-state index contributed by atoms with van der Waals surface area (Å²) >= 11 is 0. The molecule has 2 saturated carbocycles. The van der Waals surface area contributed by atoms with E-state index in [1.165, 1.54) is 25.7 Å². The normalized spacial score (nSPS) is 37.0. The Balaban J connectivity index is 1.85. The third-order valence-electron chi connectivity index (χ3n) is 6.20. The van der Waals surface area contributed by atoms with Gasteiger partial charge in [0.05, 0.1) is 12.7 Å². The van der Waals surface area contributed by atoms with Gasteiger partial charge in [0, 0.05) is 6.42 Å². The first kappa shape index (κ1) is 16.8. The molecule has 0 aliphatic heterocycles. The van der Waals surface area contributed by atoms with Crippen molar-refractivity contribution in [3.8, 4) is 0 Å². The summed E-state index contributed by atoms with van der Waals surface area (Å²) in [6, 6.07) is 0. The van der Waals surface area contributed by atoms with Gasteiger partial charge >= 0.3 is 5.97 Å². The van der Waals surface area contributed by atoms with E-state index in [-0.39, 0.29) is 12.1 Å². The van der Waals surface area contributed by atoms with Crippen LogP contribution in [0.1, 0.15) is 72.1 Å². The maximum atomic E-state index is 11.4. The molecular formula is C18H32O3. The van der Waals surface area contributed by atoms with Crippen molar-refractivity contribution >= 4 is 5.97 Å². The number of esters is 1. The molecule has 0 aromatic rings. The summed E-state index contributed by atoms with van der Waals surface area (Å²) in [5, 5.41) is 10.3. The van der Waals surface area contributed by atoms with Gasteiger partial charge in [-0.25, -0.2) is 0 Å². The fourth-order valence-electron chi connectivity index (χ4n) is 5.13. The number of carbonyl (C=O) groups is 1. The second kappa shape index (κ2) is 7.13. The molecule has 5 atom stereocenters. The molecule has 1 N–H and O–H groups in total. The molecule has 2 rings (SSSR count). The monoisotopic (exact) mass is 296 g/mol. The quantitative estimate of drug-likeness (QED) is 0.755. The number of hydrogen-bond acceptors (Lipinski definition) is 3. The number of aliphatic hydroxyl groups is 1. The van der Waals surface area contributed by atoms with E-state index in [2.05, 4.69) is 13.8 Å². The maximum absolute atomic E-state index is 11.4. The fourth-order valence-corrected chi connectivity index (χ4v) is 5.13. The average Bonchev–Trinajstić information content (AvgIpc) is 2.77. The molecule has 21 heavy (non-hydrogen) atoms. The molecule has 0 radical (unpaired) electrons. The minimum absolute atomic E-state index is 0.0618. The van der Waals surface area contributed by atoms with Gasteiger partial charge in [-0.05, 0) is 68.6 Å². The van der Waals surface area contributed by atoms with Gasteiger partial charge in [0.25, 0.3) is 0 Å². The molecule has 0 saturated heterocycles. The highest BCUT2D eigenvalue weighted by atomic mass is 16.5. The Hall–Kier alpha value is -0.570. The number of carbonyl (C=O) groups excluding carboxylic acids is 1. The third kappa shape index (κ3) is 3.61. The van der Waals surface area contributed by atoms with Crippen LogP contribution in [0.4, 0.5) is 0 Å². The van der Waals surface area contributed by atoms with Crippen molar-refractivity contribution in [2.24, 2.45) is 23.2 Å². The summed E-state index contributed by atoms with van der Waals surface area (Å²) in [4.78, 5) is 11.4. The minimum Gasteiger partial charge on any atom is -0.466 e. The summed E-state index contributed by atoms with van der Waals surface area (Å²) in [5.74, 6) is 1.79. The molecule has 3 nitrogen and oxygen atoms in total. The largest absolute Gasteiger partial charge is 0.466 e. The smallest absolute Gasteiger partial charge is 0.305 e. The van der Waals surface area contributed by atoms with E-state index < -0.39 is 0 Å². The molecule has 122 valence electrons. The zero-order valence-corrected chi connectivity index (χ0v) is 13.9. The van der Waals surface area contributed by atoms with Gasteiger partial charge in [0.1, 0.15) is 0 Å². The van der Waals surface area contributed by atoms with Crippen LogP contribution in [-0.2, 0) is 9.53 Å². The van der Waals surface area contributed by atoms with E-state index in [4.69, 9.17) is 4.74 Å². The molecule has 0 aromatic carbocycles. The fraction of sp³-hybridized carbons (Fsp3) is 0.944. The average molecular weight is 296 g/mol. The van der Waals surface area contributed by atoms with Gasteiger partial charge in [-0.15, -0.1) is 0 Å². The molecule has 2 aliphatic carbocycles. The third-order valence-corrected chi connectivity index (χ3v) is 6.20. The molecule has 0 amide bonds. The van der Waals surface area contributed by atoms with Gasteiger partial charge in [-0.1, -0.05) is 20.3 Å². The lowest BCUT2D eigenvalue weighted by molar-refractivity contribution is -0.143. The van der Waals surface area contributed by atoms with Crippen LogP contribution in [0.3, 0.4) is 0 Å². The lowest BCUT2D eigenvalue weighted by Crippen LogP contribution is -2.41. The van der Waals surface area contributed by atoms with Crippen LogP contribution in [0, 0.1) is 23.2 Å². The van der Waals surface area contributed by atoms with E-state index in [0.29, 0.717) is 36.2 Å². The summed E-state index contributed by atoms with van der Waals surface area (Å²) < 4.78 is 5.00. The minimum atomic E-state index is -0.0829. The Morgan fingerprint density at radius 1 is 1.38 bits per heavy atom. The SMILES string of the molecule is CCOC(=O)CCC[C@@H](C)C1CCC2C(O)CCC[C@@]21C. The summed E-state index contributed by atoms with van der Waals surface area (Å²) in [7, 11) is 0. The van der Waals surface area contributed by atoms with Crippen molar-refractivity contribution in [2.45, 2.75) is 78.2 Å². The van der Waals surface area contributed by atoms with Crippen molar-refractivity contribution < 1.29 is 14.6 Å². The zero-order valence-electron chi connectivity index (χ0n) is 13.9. The second-order valence-corrected chi connectivity index (χ2v) is 7.43. The highest BCUT2D eigenvalue weighted by Gasteiger charge is 2.51. The molecule has 3 heteroatoms. The molecule has 3 unspecified atom stereocenters. The van der Waals surface area contributed by atoms with Crippen LogP contribution >= 0.6 is 0 Å². The highest BCUT2D eigenvalue weighted by molar-refractivity contribution is 5.69. The van der Waals surface area contributed by atoms with Gasteiger partial charge in [0.2, 0.25) is 0 Å². The first-order valence-corrected chi connectivity index (χ1v) is 8.82. The van der Waals surface area contributed by atoms with Crippen LogP contribution in [-0.4, -0.2) is 23.8 Å². The van der Waals surface area contributed by atoms with E-state index in [9.17, 15) is 9.90 Å². The van der Waals surface area contributed by atoms with E-state index in [1.807, 2.05) is 6.92 Å².